The summed E-state index contributed by atoms with van der Waals surface area (Å²) >= 11 is 1.38. The molecule has 6 heterocycles. The molecule has 1 amide bonds. The topological polar surface area (TPSA) is 192 Å². The maximum Gasteiger partial charge on any atom is 0.256 e. The normalized spacial score (nSPS) is 19.4. The monoisotopic (exact) mass is 591 g/mol. The van der Waals surface area contributed by atoms with Gasteiger partial charge < -0.3 is 40.6 Å². The van der Waals surface area contributed by atoms with Crippen molar-refractivity contribution in [3.8, 4) is 11.1 Å². The molecule has 42 heavy (non-hydrogen) atoms. The van der Waals surface area contributed by atoms with E-state index in [-0.39, 0.29) is 40.1 Å². The zero-order valence-electron chi connectivity index (χ0n) is 22.5. The van der Waals surface area contributed by atoms with Crippen LogP contribution >= 0.6 is 11.3 Å². The molecule has 5 aromatic rings. The fourth-order valence-electron chi connectivity index (χ4n) is 5.53. The van der Waals surface area contributed by atoms with Gasteiger partial charge in [0, 0.05) is 36.1 Å². The van der Waals surface area contributed by atoms with Gasteiger partial charge in [0.05, 0.1) is 29.8 Å². The van der Waals surface area contributed by atoms with Crippen LogP contribution in [0.5, 0.6) is 0 Å². The zero-order chi connectivity index (χ0) is 28.8. The van der Waals surface area contributed by atoms with E-state index < -0.39 is 5.91 Å². The molecule has 1 saturated heterocycles. The van der Waals surface area contributed by atoms with Gasteiger partial charge in [0.2, 0.25) is 17.0 Å². The van der Waals surface area contributed by atoms with Crippen LogP contribution in [0, 0.1) is 0 Å². The Balaban J connectivity index is 1.23. The quantitative estimate of drug-likeness (QED) is 0.217. The molecule has 0 radical (unpaired) electrons. The van der Waals surface area contributed by atoms with Crippen molar-refractivity contribution < 1.29 is 18.4 Å². The second-order valence-corrected chi connectivity index (χ2v) is 11.3. The summed E-state index contributed by atoms with van der Waals surface area (Å²) in [5, 5.41) is 17.4. The van der Waals surface area contributed by atoms with E-state index in [0.717, 1.165) is 31.2 Å². The van der Waals surface area contributed by atoms with Crippen LogP contribution < -0.4 is 32.4 Å². The van der Waals surface area contributed by atoms with Crippen molar-refractivity contribution in [3.05, 3.63) is 45.9 Å². The van der Waals surface area contributed by atoms with Gasteiger partial charge in [0.15, 0.2) is 22.9 Å². The molecule has 2 fully saturated rings. The lowest BCUT2D eigenvalue weighted by atomic mass is 9.91. The van der Waals surface area contributed by atoms with E-state index in [1.165, 1.54) is 30.0 Å². The average Bonchev–Trinajstić information content (AvgIpc) is 3.75. The van der Waals surface area contributed by atoms with Crippen LogP contribution in [0.25, 0.3) is 27.9 Å². The number of amides is 1. The average molecular weight is 592 g/mol. The van der Waals surface area contributed by atoms with E-state index in [4.69, 9.17) is 30.0 Å². The largest absolute Gasteiger partial charge is 0.456 e. The van der Waals surface area contributed by atoms with Gasteiger partial charge in [-0.05, 0) is 18.9 Å². The number of hydrogen-bond donors (Lipinski definition) is 4. The van der Waals surface area contributed by atoms with Gasteiger partial charge in [0.1, 0.15) is 18.2 Å². The summed E-state index contributed by atoms with van der Waals surface area (Å²) in [6.07, 6.45) is 6.98. The van der Waals surface area contributed by atoms with Gasteiger partial charge in [-0.3, -0.25) is 14.0 Å². The standard InChI is InChI=1S/C27H29N9O5S/c28-16-3-1-2-4-17(16)31-27-33-25(21(24(29)38)26-34-30-13-36(26)27)32-19-9-14(12-42-19)15-11-40-23-18(37)10-20(41-22(15)23)35-5-7-39-8-6-35/h9-13,16-17,32H,1-8,28H2,(H2,29,38)(H,31,33)/t16-,17+/m1/s1. The molecule has 7 rings (SSSR count). The molecule has 0 aromatic carbocycles. The summed E-state index contributed by atoms with van der Waals surface area (Å²) in [5.41, 5.74) is 14.2. The van der Waals surface area contributed by atoms with Gasteiger partial charge in [-0.2, -0.15) is 4.98 Å². The van der Waals surface area contributed by atoms with Crippen molar-refractivity contribution in [2.45, 2.75) is 37.8 Å². The second-order valence-electron chi connectivity index (χ2n) is 10.4. The number of ether oxygens (including phenoxy) is 1. The van der Waals surface area contributed by atoms with Gasteiger partial charge in [-0.25, -0.2) is 0 Å². The summed E-state index contributed by atoms with van der Waals surface area (Å²) in [7, 11) is 0. The molecule has 0 bridgehead atoms. The van der Waals surface area contributed by atoms with Crippen LogP contribution in [0.4, 0.5) is 22.7 Å². The molecule has 15 heteroatoms. The molecule has 0 spiro atoms. The fourth-order valence-corrected chi connectivity index (χ4v) is 6.33. The van der Waals surface area contributed by atoms with Crippen molar-refractivity contribution in [1.82, 2.24) is 19.6 Å². The van der Waals surface area contributed by atoms with E-state index >= 15 is 0 Å². The highest BCUT2D eigenvalue weighted by Crippen LogP contribution is 2.37. The molecule has 1 aliphatic heterocycles. The molecule has 1 aliphatic carbocycles. The van der Waals surface area contributed by atoms with Crippen LogP contribution in [-0.2, 0) is 4.74 Å². The van der Waals surface area contributed by atoms with Gasteiger partial charge >= 0.3 is 0 Å². The maximum absolute atomic E-state index is 12.8. The summed E-state index contributed by atoms with van der Waals surface area (Å²) in [4.78, 5) is 32.1. The Bertz CT molecular complexity index is 1840. The Kier molecular flexibility index (Phi) is 6.76. The van der Waals surface area contributed by atoms with E-state index in [2.05, 4.69) is 20.8 Å². The molecule has 0 unspecified atom stereocenters. The fraction of sp³-hybridized carbons (Fsp3) is 0.370. The number of primary amides is 1. The third-order valence-electron chi connectivity index (χ3n) is 7.74. The van der Waals surface area contributed by atoms with E-state index in [9.17, 15) is 9.59 Å². The van der Waals surface area contributed by atoms with Gasteiger partial charge in [0.25, 0.3) is 5.91 Å². The lowest BCUT2D eigenvalue weighted by Crippen LogP contribution is -2.43. The molecule has 14 nitrogen and oxygen atoms in total. The summed E-state index contributed by atoms with van der Waals surface area (Å²) in [5.74, 6) is 0.474. The number of furan rings is 1. The lowest BCUT2D eigenvalue weighted by molar-refractivity contribution is 0.100. The molecule has 2 aliphatic rings. The molecule has 218 valence electrons. The Morgan fingerprint density at radius 1 is 1.14 bits per heavy atom. The number of nitrogens with two attached hydrogens (primary N) is 2. The number of rotatable bonds is 7. The van der Waals surface area contributed by atoms with Crippen molar-refractivity contribution in [1.29, 1.82) is 0 Å². The Morgan fingerprint density at radius 3 is 2.79 bits per heavy atom. The molecule has 5 aromatic heterocycles. The minimum absolute atomic E-state index is 0.0175. The highest BCUT2D eigenvalue weighted by Gasteiger charge is 2.26. The summed E-state index contributed by atoms with van der Waals surface area (Å²) < 4.78 is 18.8. The molecular formula is C27H29N9O5S. The number of nitrogens with zero attached hydrogens (tertiary/aromatic N) is 5. The van der Waals surface area contributed by atoms with Crippen LogP contribution in [0.1, 0.15) is 36.0 Å². The number of nitrogens with one attached hydrogen (secondary N) is 2. The zero-order valence-corrected chi connectivity index (χ0v) is 23.4. The number of fused-ring (bicyclic) bond motifs is 2. The smallest absolute Gasteiger partial charge is 0.256 e. The van der Waals surface area contributed by atoms with Crippen molar-refractivity contribution in [2.24, 2.45) is 11.5 Å². The molecular weight excluding hydrogens is 562 g/mol. The van der Waals surface area contributed by atoms with Crippen LogP contribution in [0.15, 0.2) is 43.7 Å². The SMILES string of the molecule is NC(=O)c1c(Nc2cc(-c3coc4c(=O)cc(N5CCOCC5)oc34)cs2)nc(N[C@H]2CCCC[C@H]2N)n2cnnc12. The Hall–Kier alpha value is -4.47. The first kappa shape index (κ1) is 26.4. The van der Waals surface area contributed by atoms with Gasteiger partial charge in [-0.1, -0.05) is 12.8 Å². The predicted octanol–water partition coefficient (Wildman–Crippen LogP) is 2.91. The molecule has 1 saturated carbocycles. The Labute approximate surface area is 242 Å². The van der Waals surface area contributed by atoms with Crippen LogP contribution in [0.2, 0.25) is 0 Å². The van der Waals surface area contributed by atoms with Gasteiger partial charge in [-0.15, -0.1) is 21.5 Å². The minimum Gasteiger partial charge on any atom is -0.456 e. The summed E-state index contributed by atoms with van der Waals surface area (Å²) in [6, 6.07) is 3.31. The maximum atomic E-state index is 12.8. The van der Waals surface area contributed by atoms with E-state index in [1.54, 1.807) is 4.40 Å². The number of hydrogen-bond acceptors (Lipinski definition) is 13. The van der Waals surface area contributed by atoms with Crippen LogP contribution in [0.3, 0.4) is 0 Å². The van der Waals surface area contributed by atoms with Crippen molar-refractivity contribution in [3.63, 3.8) is 0 Å². The second kappa shape index (κ2) is 10.7. The number of anilines is 4. The number of aromatic nitrogens is 4. The first-order chi connectivity index (χ1) is 20.5. The van der Waals surface area contributed by atoms with E-state index in [1.807, 2.05) is 16.3 Å². The first-order valence-corrected chi connectivity index (χ1v) is 14.6. The lowest BCUT2D eigenvalue weighted by Gasteiger charge is -2.30. The highest BCUT2D eigenvalue weighted by molar-refractivity contribution is 7.14. The summed E-state index contributed by atoms with van der Waals surface area (Å²) in [6.45, 7) is 2.38. The number of thiophene rings is 1. The predicted molar refractivity (Wildman–Crippen MR) is 158 cm³/mol. The third kappa shape index (κ3) is 4.74. The van der Waals surface area contributed by atoms with Crippen LogP contribution in [-0.4, -0.2) is 63.9 Å². The van der Waals surface area contributed by atoms with Crippen molar-refractivity contribution in [2.75, 3.05) is 41.8 Å². The van der Waals surface area contributed by atoms with Crippen molar-refractivity contribution >= 4 is 56.7 Å². The number of carbonyl (C=O) groups is 1. The highest BCUT2D eigenvalue weighted by atomic mass is 32.1. The number of morpholine rings is 1. The Morgan fingerprint density at radius 2 is 1.98 bits per heavy atom. The van der Waals surface area contributed by atoms with E-state index in [0.29, 0.717) is 54.3 Å². The first-order valence-electron chi connectivity index (χ1n) is 13.8. The number of carbonyl (C=O) groups excluding carboxylic acids is 1. The third-order valence-corrected chi connectivity index (χ3v) is 8.59. The molecule has 2 atom stereocenters. The molecule has 6 N–H and O–H groups in total. The minimum atomic E-state index is -0.695.